The van der Waals surface area contributed by atoms with E-state index in [1.807, 2.05) is 0 Å². The summed E-state index contributed by atoms with van der Waals surface area (Å²) in [5, 5.41) is 10.6. The molecule has 0 bridgehead atoms. The summed E-state index contributed by atoms with van der Waals surface area (Å²) in [6.45, 7) is 0. The number of benzene rings is 1. The molecular formula is C11H3Cl2F2N3OS. The minimum atomic E-state index is -0.952. The molecule has 0 aliphatic heterocycles. The smallest absolute Gasteiger partial charge is 0.277 e. The van der Waals surface area contributed by atoms with E-state index in [-0.39, 0.29) is 15.1 Å². The summed E-state index contributed by atoms with van der Waals surface area (Å²) in [7, 11) is 0. The van der Waals surface area contributed by atoms with Gasteiger partial charge in [-0.15, -0.1) is 0 Å². The topological polar surface area (TPSA) is 65.8 Å². The molecule has 0 unspecified atom stereocenters. The van der Waals surface area contributed by atoms with Crippen LogP contribution < -0.4 is 5.32 Å². The van der Waals surface area contributed by atoms with Gasteiger partial charge in [0.2, 0.25) is 0 Å². The molecule has 9 heteroatoms. The summed E-state index contributed by atoms with van der Waals surface area (Å²) >= 11 is 12.2. The quantitative estimate of drug-likeness (QED) is 0.907. The highest BCUT2D eigenvalue weighted by atomic mass is 35.5. The second-order valence-electron chi connectivity index (χ2n) is 3.50. The van der Waals surface area contributed by atoms with Crippen molar-refractivity contribution in [2.45, 2.75) is 0 Å². The zero-order valence-electron chi connectivity index (χ0n) is 9.38. The van der Waals surface area contributed by atoms with E-state index >= 15 is 0 Å². The van der Waals surface area contributed by atoms with Crippen molar-refractivity contribution in [2.24, 2.45) is 0 Å². The highest BCUT2D eigenvalue weighted by Crippen LogP contribution is 2.30. The van der Waals surface area contributed by atoms with E-state index in [2.05, 4.69) is 9.69 Å². The van der Waals surface area contributed by atoms with Gasteiger partial charge in [-0.25, -0.2) is 8.78 Å². The fourth-order valence-corrected chi connectivity index (χ4v) is 2.31. The molecule has 0 fully saturated rings. The van der Waals surface area contributed by atoms with E-state index in [1.54, 1.807) is 0 Å². The molecule has 1 aromatic heterocycles. The van der Waals surface area contributed by atoms with Crippen LogP contribution in [0.5, 0.6) is 0 Å². The first-order valence-electron chi connectivity index (χ1n) is 4.95. The number of hydrogen-bond donors (Lipinski definition) is 1. The Morgan fingerprint density at radius 2 is 2.05 bits per heavy atom. The Balaban J connectivity index is 2.31. The summed E-state index contributed by atoms with van der Waals surface area (Å²) in [5.74, 6) is -2.73. The third-order valence-electron chi connectivity index (χ3n) is 2.24. The molecule has 102 valence electrons. The van der Waals surface area contributed by atoms with Gasteiger partial charge in [0.25, 0.3) is 5.91 Å². The molecule has 4 nitrogen and oxygen atoms in total. The van der Waals surface area contributed by atoms with Gasteiger partial charge < -0.3 is 5.32 Å². The summed E-state index contributed by atoms with van der Waals surface area (Å²) in [6.07, 6.45) is 0. The van der Waals surface area contributed by atoms with Crippen molar-refractivity contribution in [1.29, 1.82) is 5.26 Å². The molecule has 1 N–H and O–H groups in total. The maximum absolute atomic E-state index is 13.6. The van der Waals surface area contributed by atoms with E-state index in [1.165, 1.54) is 6.07 Å². The lowest BCUT2D eigenvalue weighted by atomic mass is 10.2. The average molecular weight is 334 g/mol. The third kappa shape index (κ3) is 2.72. The first-order chi connectivity index (χ1) is 9.43. The number of aromatic nitrogens is 1. The van der Waals surface area contributed by atoms with Crippen LogP contribution >= 0.6 is 34.7 Å². The van der Waals surface area contributed by atoms with Crippen LogP contribution in [0.3, 0.4) is 0 Å². The van der Waals surface area contributed by atoms with Crippen LogP contribution in [0.15, 0.2) is 12.1 Å². The number of carbonyl (C=O) groups excluding carboxylic acids is 1. The van der Waals surface area contributed by atoms with Crippen LogP contribution in [0.1, 0.15) is 16.1 Å². The van der Waals surface area contributed by atoms with Gasteiger partial charge in [-0.2, -0.15) is 9.64 Å². The lowest BCUT2D eigenvalue weighted by Gasteiger charge is -2.06. The molecule has 0 spiro atoms. The van der Waals surface area contributed by atoms with Crippen LogP contribution in [0, 0.1) is 23.0 Å². The number of anilines is 1. The predicted octanol–water partition coefficient (Wildman–Crippen LogP) is 3.85. The van der Waals surface area contributed by atoms with E-state index in [9.17, 15) is 13.6 Å². The van der Waals surface area contributed by atoms with Gasteiger partial charge in [-0.05, 0) is 17.6 Å². The Morgan fingerprint density at radius 1 is 1.35 bits per heavy atom. The fourth-order valence-electron chi connectivity index (χ4n) is 1.31. The van der Waals surface area contributed by atoms with Gasteiger partial charge in [0, 0.05) is 6.07 Å². The Bertz CT molecular complexity index is 742. The molecular weight excluding hydrogens is 331 g/mol. The van der Waals surface area contributed by atoms with Gasteiger partial charge in [-0.3, -0.25) is 4.79 Å². The lowest BCUT2D eigenvalue weighted by Crippen LogP contribution is -2.14. The summed E-state index contributed by atoms with van der Waals surface area (Å²) in [4.78, 5) is 11.8. The summed E-state index contributed by atoms with van der Waals surface area (Å²) in [5.41, 5.74) is -1.08. The minimum Gasteiger partial charge on any atom is -0.318 e. The van der Waals surface area contributed by atoms with Crippen molar-refractivity contribution in [1.82, 2.24) is 4.37 Å². The Kier molecular flexibility index (Phi) is 4.18. The maximum atomic E-state index is 13.6. The van der Waals surface area contributed by atoms with Gasteiger partial charge in [-0.1, -0.05) is 23.2 Å². The molecule has 0 saturated carbocycles. The molecule has 0 radical (unpaired) electrons. The highest BCUT2D eigenvalue weighted by molar-refractivity contribution is 7.11. The number of halogens is 4. The highest BCUT2D eigenvalue weighted by Gasteiger charge is 2.19. The van der Waals surface area contributed by atoms with E-state index in [0.29, 0.717) is 12.1 Å². The van der Waals surface area contributed by atoms with Gasteiger partial charge in [0.05, 0.1) is 11.3 Å². The number of nitrogens with one attached hydrogen (secondary N) is 1. The second kappa shape index (κ2) is 5.71. The number of nitriles is 1. The standard InChI is InChI=1S/C11H3Cl2F2N3OS/c12-8-9(18-20-10(8)13)11(19)17-7-2-5(14)4(3-16)1-6(7)15/h1-2H,(H,17,19). The predicted molar refractivity (Wildman–Crippen MR) is 71.2 cm³/mol. The molecule has 2 aromatic rings. The van der Waals surface area contributed by atoms with Crippen molar-refractivity contribution >= 4 is 46.3 Å². The third-order valence-corrected chi connectivity index (χ3v) is 3.85. The molecule has 1 amide bonds. The Morgan fingerprint density at radius 3 is 2.60 bits per heavy atom. The molecule has 0 aliphatic rings. The van der Waals surface area contributed by atoms with Crippen molar-refractivity contribution in [3.05, 3.63) is 44.4 Å². The number of carbonyl (C=O) groups is 1. The van der Waals surface area contributed by atoms with E-state index in [4.69, 9.17) is 28.5 Å². The fraction of sp³-hybridized carbons (Fsp3) is 0. The average Bonchev–Trinajstić information content (AvgIpc) is 2.74. The number of hydrogen-bond acceptors (Lipinski definition) is 4. The largest absolute Gasteiger partial charge is 0.318 e. The Labute approximate surface area is 125 Å². The first kappa shape index (κ1) is 14.7. The van der Waals surface area contributed by atoms with Crippen molar-refractivity contribution < 1.29 is 13.6 Å². The van der Waals surface area contributed by atoms with Crippen LogP contribution in [-0.2, 0) is 0 Å². The van der Waals surface area contributed by atoms with Crippen molar-refractivity contribution in [2.75, 3.05) is 5.32 Å². The van der Waals surface area contributed by atoms with Gasteiger partial charge in [0.1, 0.15) is 27.1 Å². The zero-order valence-corrected chi connectivity index (χ0v) is 11.7. The molecule has 0 saturated heterocycles. The zero-order chi connectivity index (χ0) is 14.9. The lowest BCUT2D eigenvalue weighted by molar-refractivity contribution is 0.102. The van der Waals surface area contributed by atoms with E-state index in [0.717, 1.165) is 11.5 Å². The molecule has 2 rings (SSSR count). The molecule has 1 aromatic carbocycles. The van der Waals surface area contributed by atoms with Crippen LogP contribution in [-0.4, -0.2) is 10.3 Å². The van der Waals surface area contributed by atoms with Gasteiger partial charge >= 0.3 is 0 Å². The maximum Gasteiger partial charge on any atom is 0.277 e. The van der Waals surface area contributed by atoms with Crippen molar-refractivity contribution in [3.63, 3.8) is 0 Å². The Hall–Kier alpha value is -1.75. The minimum absolute atomic E-state index is 0.0660. The molecule has 0 atom stereocenters. The van der Waals surface area contributed by atoms with Crippen LogP contribution in [0.4, 0.5) is 14.5 Å². The summed E-state index contributed by atoms with van der Waals surface area (Å²) < 4.78 is 30.8. The molecule has 1 heterocycles. The van der Waals surface area contributed by atoms with Crippen LogP contribution in [0.2, 0.25) is 9.36 Å². The normalized spacial score (nSPS) is 10.2. The number of amides is 1. The SMILES string of the molecule is N#Cc1cc(F)c(NC(=O)c2nsc(Cl)c2Cl)cc1F. The van der Waals surface area contributed by atoms with Crippen molar-refractivity contribution in [3.8, 4) is 6.07 Å². The summed E-state index contributed by atoms with van der Waals surface area (Å²) in [6, 6.07) is 2.87. The molecule has 20 heavy (non-hydrogen) atoms. The first-order valence-corrected chi connectivity index (χ1v) is 6.48. The second-order valence-corrected chi connectivity index (χ2v) is 5.25. The monoisotopic (exact) mass is 333 g/mol. The molecule has 0 aliphatic carbocycles. The van der Waals surface area contributed by atoms with Crippen LogP contribution in [0.25, 0.3) is 0 Å². The van der Waals surface area contributed by atoms with E-state index < -0.39 is 28.8 Å². The number of nitrogens with zero attached hydrogens (tertiary/aromatic N) is 2. The van der Waals surface area contributed by atoms with Gasteiger partial charge in [0.15, 0.2) is 5.69 Å². The number of rotatable bonds is 2.